The van der Waals surface area contributed by atoms with Crippen LogP contribution in [0, 0.1) is 0 Å². The molecule has 0 amide bonds. The van der Waals surface area contributed by atoms with E-state index in [4.69, 9.17) is 10.2 Å². The van der Waals surface area contributed by atoms with Crippen molar-refractivity contribution in [2.24, 2.45) is 7.05 Å². The Hall–Kier alpha value is -1.98. The van der Waals surface area contributed by atoms with Gasteiger partial charge in [0.15, 0.2) is 5.82 Å². The van der Waals surface area contributed by atoms with Gasteiger partial charge in [0.1, 0.15) is 5.76 Å². The molecule has 0 aromatic carbocycles. The van der Waals surface area contributed by atoms with E-state index in [0.29, 0.717) is 23.9 Å². The zero-order valence-electron chi connectivity index (χ0n) is 9.40. The molecule has 2 heterocycles. The van der Waals surface area contributed by atoms with E-state index in [1.807, 2.05) is 14.0 Å². The second kappa shape index (κ2) is 4.26. The van der Waals surface area contributed by atoms with Crippen LogP contribution in [0.3, 0.4) is 0 Å². The molecule has 16 heavy (non-hydrogen) atoms. The summed E-state index contributed by atoms with van der Waals surface area (Å²) in [7, 11) is 1.82. The van der Waals surface area contributed by atoms with E-state index < -0.39 is 0 Å². The summed E-state index contributed by atoms with van der Waals surface area (Å²) in [6.07, 6.45) is 4.33. The summed E-state index contributed by atoms with van der Waals surface area (Å²) < 4.78 is 7.11. The summed E-state index contributed by atoms with van der Waals surface area (Å²) in [4.78, 5) is 4.13. The van der Waals surface area contributed by atoms with Crippen molar-refractivity contribution in [2.75, 3.05) is 11.1 Å². The third kappa shape index (κ3) is 2.16. The van der Waals surface area contributed by atoms with Gasteiger partial charge in [0.2, 0.25) is 5.89 Å². The number of nitrogen functional groups attached to an aromatic ring is 1. The van der Waals surface area contributed by atoms with Gasteiger partial charge in [-0.1, -0.05) is 6.92 Å². The average molecular weight is 221 g/mol. The monoisotopic (exact) mass is 221 g/mol. The molecule has 2 rings (SSSR count). The maximum atomic E-state index is 5.74. The first-order valence-corrected chi connectivity index (χ1v) is 5.15. The van der Waals surface area contributed by atoms with Gasteiger partial charge in [0.05, 0.1) is 18.4 Å². The molecule has 86 valence electrons. The second-order valence-corrected chi connectivity index (χ2v) is 3.53. The molecule has 0 aliphatic rings. The van der Waals surface area contributed by atoms with Crippen LogP contribution in [-0.2, 0) is 20.0 Å². The highest BCUT2D eigenvalue weighted by molar-refractivity contribution is 5.59. The van der Waals surface area contributed by atoms with E-state index in [9.17, 15) is 0 Å². The first kappa shape index (κ1) is 10.5. The Bertz CT molecular complexity index is 473. The minimum atomic E-state index is 0.487. The Labute approximate surface area is 93.5 Å². The highest BCUT2D eigenvalue weighted by Crippen LogP contribution is 2.15. The summed E-state index contributed by atoms with van der Waals surface area (Å²) in [5.74, 6) is 2.17. The van der Waals surface area contributed by atoms with Crippen molar-refractivity contribution in [3.8, 4) is 0 Å². The molecule has 6 nitrogen and oxygen atoms in total. The molecule has 2 aromatic rings. The van der Waals surface area contributed by atoms with Gasteiger partial charge >= 0.3 is 0 Å². The molecular weight excluding hydrogens is 206 g/mol. The molecule has 3 N–H and O–H groups in total. The van der Waals surface area contributed by atoms with E-state index in [1.165, 1.54) is 0 Å². The van der Waals surface area contributed by atoms with Gasteiger partial charge < -0.3 is 15.5 Å². The minimum Gasteiger partial charge on any atom is -0.444 e. The number of nitrogens with zero attached hydrogens (tertiary/aromatic N) is 3. The molecule has 0 aliphatic carbocycles. The quantitative estimate of drug-likeness (QED) is 0.809. The van der Waals surface area contributed by atoms with Crippen LogP contribution in [-0.4, -0.2) is 14.8 Å². The largest absolute Gasteiger partial charge is 0.444 e. The predicted octanol–water partition coefficient (Wildman–Crippen LogP) is 1.16. The van der Waals surface area contributed by atoms with Crippen LogP contribution in [0.15, 0.2) is 16.8 Å². The van der Waals surface area contributed by atoms with E-state index in [1.54, 1.807) is 17.1 Å². The summed E-state index contributed by atoms with van der Waals surface area (Å²) in [6.45, 7) is 2.51. The van der Waals surface area contributed by atoms with E-state index in [2.05, 4.69) is 15.4 Å². The van der Waals surface area contributed by atoms with Gasteiger partial charge in [-0.15, -0.1) is 0 Å². The zero-order chi connectivity index (χ0) is 11.5. The van der Waals surface area contributed by atoms with Gasteiger partial charge in [0.25, 0.3) is 0 Å². The molecule has 0 fully saturated rings. The summed E-state index contributed by atoms with van der Waals surface area (Å²) >= 11 is 0. The number of anilines is 2. The molecule has 0 atom stereocenters. The molecule has 0 saturated carbocycles. The zero-order valence-corrected chi connectivity index (χ0v) is 9.40. The standard InChI is InChI=1S/C10H15N5O/c1-3-7-4-12-9(16-7)5-13-10-8(11)6-15(2)14-10/h4,6H,3,5,11H2,1-2H3,(H,13,14). The first-order chi connectivity index (χ1) is 7.69. The molecule has 0 unspecified atom stereocenters. The number of aromatic nitrogens is 3. The number of nitrogens with two attached hydrogens (primary N) is 1. The Morgan fingerprint density at radius 2 is 2.38 bits per heavy atom. The number of hydrogen-bond donors (Lipinski definition) is 2. The lowest BCUT2D eigenvalue weighted by Gasteiger charge is -1.99. The normalized spacial score (nSPS) is 10.6. The number of oxazole rings is 1. The van der Waals surface area contributed by atoms with Crippen LogP contribution in [0.4, 0.5) is 11.5 Å². The molecule has 6 heteroatoms. The van der Waals surface area contributed by atoms with Crippen molar-refractivity contribution in [3.05, 3.63) is 24.0 Å². The van der Waals surface area contributed by atoms with E-state index >= 15 is 0 Å². The van der Waals surface area contributed by atoms with Gasteiger partial charge in [-0.05, 0) is 0 Å². The lowest BCUT2D eigenvalue weighted by molar-refractivity contribution is 0.465. The molecule has 0 spiro atoms. The van der Waals surface area contributed by atoms with Gasteiger partial charge in [0, 0.05) is 19.7 Å². The number of rotatable bonds is 4. The lowest BCUT2D eigenvalue weighted by atomic mass is 10.4. The molecule has 0 aliphatic heterocycles. The molecule has 0 bridgehead atoms. The minimum absolute atomic E-state index is 0.487. The highest BCUT2D eigenvalue weighted by atomic mass is 16.4. The smallest absolute Gasteiger partial charge is 0.213 e. The van der Waals surface area contributed by atoms with Crippen LogP contribution in [0.2, 0.25) is 0 Å². The highest BCUT2D eigenvalue weighted by Gasteiger charge is 2.06. The fourth-order valence-electron chi connectivity index (χ4n) is 1.40. The summed E-state index contributed by atoms with van der Waals surface area (Å²) in [6, 6.07) is 0. The first-order valence-electron chi connectivity index (χ1n) is 5.15. The Morgan fingerprint density at radius 1 is 1.56 bits per heavy atom. The third-order valence-electron chi connectivity index (χ3n) is 2.21. The van der Waals surface area contributed by atoms with Crippen LogP contribution >= 0.6 is 0 Å². The fraction of sp³-hybridized carbons (Fsp3) is 0.400. The SMILES string of the molecule is CCc1cnc(CNc2nn(C)cc2N)o1. The lowest BCUT2D eigenvalue weighted by Crippen LogP contribution is -2.02. The van der Waals surface area contributed by atoms with Crippen molar-refractivity contribution in [2.45, 2.75) is 19.9 Å². The van der Waals surface area contributed by atoms with Crippen molar-refractivity contribution in [3.63, 3.8) is 0 Å². The molecule has 0 radical (unpaired) electrons. The van der Waals surface area contributed by atoms with Crippen molar-refractivity contribution in [1.29, 1.82) is 0 Å². The van der Waals surface area contributed by atoms with Gasteiger partial charge in [-0.3, -0.25) is 4.68 Å². The van der Waals surface area contributed by atoms with E-state index in [0.717, 1.165) is 12.2 Å². The Morgan fingerprint density at radius 3 is 2.94 bits per heavy atom. The van der Waals surface area contributed by atoms with E-state index in [-0.39, 0.29) is 0 Å². The Balaban J connectivity index is 1.99. The van der Waals surface area contributed by atoms with Gasteiger partial charge in [-0.2, -0.15) is 5.10 Å². The van der Waals surface area contributed by atoms with Crippen LogP contribution in [0.1, 0.15) is 18.6 Å². The average Bonchev–Trinajstić information content (AvgIpc) is 2.82. The second-order valence-electron chi connectivity index (χ2n) is 3.53. The van der Waals surface area contributed by atoms with Crippen LogP contribution < -0.4 is 11.1 Å². The molecular formula is C10H15N5O. The Kier molecular flexibility index (Phi) is 2.80. The van der Waals surface area contributed by atoms with Crippen molar-refractivity contribution in [1.82, 2.24) is 14.8 Å². The number of aryl methyl sites for hydroxylation is 2. The maximum absolute atomic E-state index is 5.74. The summed E-state index contributed by atoms with van der Waals surface area (Å²) in [5, 5.41) is 7.24. The number of nitrogens with one attached hydrogen (secondary N) is 1. The summed E-state index contributed by atoms with van der Waals surface area (Å²) in [5.41, 5.74) is 6.36. The predicted molar refractivity (Wildman–Crippen MR) is 60.8 cm³/mol. The van der Waals surface area contributed by atoms with Crippen molar-refractivity contribution < 1.29 is 4.42 Å². The van der Waals surface area contributed by atoms with Crippen LogP contribution in [0.5, 0.6) is 0 Å². The molecule has 0 saturated heterocycles. The third-order valence-corrected chi connectivity index (χ3v) is 2.21. The molecule has 2 aromatic heterocycles. The van der Waals surface area contributed by atoms with Crippen LogP contribution in [0.25, 0.3) is 0 Å². The van der Waals surface area contributed by atoms with Crippen molar-refractivity contribution >= 4 is 11.5 Å². The van der Waals surface area contributed by atoms with Gasteiger partial charge in [-0.25, -0.2) is 4.98 Å². The topological polar surface area (TPSA) is 81.9 Å². The fourth-order valence-corrected chi connectivity index (χ4v) is 1.40. The maximum Gasteiger partial charge on any atom is 0.213 e. The number of hydrogen-bond acceptors (Lipinski definition) is 5.